The predicted molar refractivity (Wildman–Crippen MR) is 100 cm³/mol. The number of nitrogens with one attached hydrogen (secondary N) is 2. The van der Waals surface area contributed by atoms with Gasteiger partial charge in [-0.25, -0.2) is 9.59 Å². The third-order valence-corrected chi connectivity index (χ3v) is 4.51. The lowest BCUT2D eigenvalue weighted by molar-refractivity contribution is -0.136. The minimum absolute atomic E-state index is 0.00756. The van der Waals surface area contributed by atoms with Crippen LogP contribution in [0.15, 0.2) is 0 Å². The van der Waals surface area contributed by atoms with Gasteiger partial charge in [0.1, 0.15) is 16.5 Å². The largest absolute Gasteiger partial charge is 0.462 e. The molecule has 10 nitrogen and oxygen atoms in total. The number of carbonyl (C=O) groups is 4. The monoisotopic (exact) mass is 416 g/mol. The van der Waals surface area contributed by atoms with Gasteiger partial charge in [0.05, 0.1) is 24.9 Å². The molecule has 0 saturated carbocycles. The Morgan fingerprint density at radius 1 is 1.11 bits per heavy atom. The summed E-state index contributed by atoms with van der Waals surface area (Å²) >= 11 is 0.799. The van der Waals surface area contributed by atoms with Gasteiger partial charge in [-0.15, -0.1) is 11.3 Å². The van der Waals surface area contributed by atoms with Crippen LogP contribution >= 0.6 is 11.3 Å². The molecule has 0 radical (unpaired) electrons. The van der Waals surface area contributed by atoms with Gasteiger partial charge in [-0.1, -0.05) is 0 Å². The zero-order chi connectivity index (χ0) is 21.3. The van der Waals surface area contributed by atoms with E-state index >= 15 is 0 Å². The third-order valence-electron chi connectivity index (χ3n) is 3.32. The zero-order valence-electron chi connectivity index (χ0n) is 16.1. The molecule has 0 aromatic carbocycles. The minimum Gasteiger partial charge on any atom is -0.462 e. The molecule has 3 N–H and O–H groups in total. The molecule has 0 fully saturated rings. The summed E-state index contributed by atoms with van der Waals surface area (Å²) in [5.74, 6) is -3.48. The number of ether oxygens (including phenoxy) is 3. The molecule has 0 unspecified atom stereocenters. The van der Waals surface area contributed by atoms with Gasteiger partial charge in [-0.05, 0) is 26.3 Å². The summed E-state index contributed by atoms with van der Waals surface area (Å²) in [5, 5.41) is 13.7. The van der Waals surface area contributed by atoms with Crippen molar-refractivity contribution in [1.82, 2.24) is 5.32 Å². The van der Waals surface area contributed by atoms with Gasteiger partial charge in [0.2, 0.25) is 0 Å². The fourth-order valence-corrected chi connectivity index (χ4v) is 3.09. The Kier molecular flexibility index (Phi) is 9.56. The highest BCUT2D eigenvalue weighted by Crippen LogP contribution is 2.34. The highest BCUT2D eigenvalue weighted by molar-refractivity contribution is 7.18. The summed E-state index contributed by atoms with van der Waals surface area (Å²) < 4.78 is 14.8. The van der Waals surface area contributed by atoms with Gasteiger partial charge in [-0.2, -0.15) is 0 Å². The molecule has 156 valence electrons. The van der Waals surface area contributed by atoms with Gasteiger partial charge in [0.15, 0.2) is 0 Å². The quantitative estimate of drug-likeness (QED) is 0.300. The Balaban J connectivity index is 3.09. The lowest BCUT2D eigenvalue weighted by Gasteiger charge is -2.08. The normalized spacial score (nSPS) is 11.5. The van der Waals surface area contributed by atoms with Crippen LogP contribution in [0.2, 0.25) is 0 Å². The molecular weight excluding hydrogens is 392 g/mol. The molecule has 1 rings (SSSR count). The lowest BCUT2D eigenvalue weighted by Crippen LogP contribution is -2.38. The first kappa shape index (κ1) is 23.5. The Hall–Kier alpha value is -2.50. The van der Waals surface area contributed by atoms with Gasteiger partial charge in [0, 0.05) is 13.7 Å². The van der Waals surface area contributed by atoms with Crippen molar-refractivity contribution < 1.29 is 38.5 Å². The van der Waals surface area contributed by atoms with Crippen molar-refractivity contribution in [3.05, 3.63) is 16.0 Å². The molecule has 0 bridgehead atoms. The molecule has 0 aliphatic heterocycles. The van der Waals surface area contributed by atoms with Crippen molar-refractivity contribution in [3.8, 4) is 0 Å². The number of hydrogen-bond acceptors (Lipinski definition) is 9. The van der Waals surface area contributed by atoms with Crippen molar-refractivity contribution in [2.24, 2.45) is 0 Å². The number of hydrogen-bond donors (Lipinski definition) is 3. The zero-order valence-corrected chi connectivity index (χ0v) is 16.9. The number of rotatable bonds is 9. The molecule has 1 aromatic rings. The topological polar surface area (TPSA) is 140 Å². The van der Waals surface area contributed by atoms with E-state index < -0.39 is 29.9 Å². The fourth-order valence-electron chi connectivity index (χ4n) is 2.01. The molecule has 11 heteroatoms. The molecule has 1 aromatic heterocycles. The first-order valence-electron chi connectivity index (χ1n) is 8.46. The van der Waals surface area contributed by atoms with E-state index in [1.165, 1.54) is 21.0 Å². The highest BCUT2D eigenvalue weighted by atomic mass is 32.1. The number of carbonyl (C=O) groups excluding carboxylic acids is 4. The van der Waals surface area contributed by atoms with E-state index in [0.29, 0.717) is 0 Å². The molecule has 2 amide bonds. The fraction of sp³-hybridized carbons (Fsp3) is 0.529. The van der Waals surface area contributed by atoms with Crippen molar-refractivity contribution >= 4 is 40.1 Å². The van der Waals surface area contributed by atoms with Crippen molar-refractivity contribution in [3.63, 3.8) is 0 Å². The van der Waals surface area contributed by atoms with Gasteiger partial charge in [-0.3, -0.25) is 9.59 Å². The molecule has 0 saturated heterocycles. The van der Waals surface area contributed by atoms with Crippen LogP contribution in [0, 0.1) is 6.92 Å². The van der Waals surface area contributed by atoms with E-state index in [4.69, 9.17) is 14.2 Å². The van der Waals surface area contributed by atoms with Gasteiger partial charge in [0.25, 0.3) is 0 Å². The van der Waals surface area contributed by atoms with Crippen LogP contribution < -0.4 is 10.6 Å². The average molecular weight is 416 g/mol. The lowest BCUT2D eigenvalue weighted by atomic mass is 10.1. The molecule has 1 atom stereocenters. The maximum absolute atomic E-state index is 12.3. The van der Waals surface area contributed by atoms with Crippen LogP contribution in [0.1, 0.15) is 39.4 Å². The van der Waals surface area contributed by atoms with Gasteiger partial charge < -0.3 is 30.0 Å². The second kappa shape index (κ2) is 11.4. The van der Waals surface area contributed by atoms with Crippen LogP contribution in [-0.2, 0) is 23.8 Å². The van der Waals surface area contributed by atoms with Crippen LogP contribution in [-0.4, -0.2) is 68.4 Å². The van der Waals surface area contributed by atoms with Crippen LogP contribution in [0.3, 0.4) is 0 Å². The maximum atomic E-state index is 12.3. The van der Waals surface area contributed by atoms with Crippen LogP contribution in [0.5, 0.6) is 0 Å². The van der Waals surface area contributed by atoms with E-state index in [1.807, 2.05) is 0 Å². The average Bonchev–Trinajstić information content (AvgIpc) is 2.95. The van der Waals surface area contributed by atoms with E-state index in [9.17, 15) is 24.3 Å². The first-order chi connectivity index (χ1) is 13.2. The number of amides is 2. The summed E-state index contributed by atoms with van der Waals surface area (Å²) in [7, 11) is 1.46. The summed E-state index contributed by atoms with van der Waals surface area (Å²) in [4.78, 5) is 48.5. The van der Waals surface area contributed by atoms with Crippen molar-refractivity contribution in [2.45, 2.75) is 26.9 Å². The second-order valence-electron chi connectivity index (χ2n) is 5.62. The molecule has 28 heavy (non-hydrogen) atoms. The van der Waals surface area contributed by atoms with Crippen molar-refractivity contribution in [1.29, 1.82) is 0 Å². The van der Waals surface area contributed by atoms with Gasteiger partial charge >= 0.3 is 23.8 Å². The van der Waals surface area contributed by atoms with E-state index in [2.05, 4.69) is 10.6 Å². The summed E-state index contributed by atoms with van der Waals surface area (Å²) in [6.07, 6.45) is -0.829. The number of aliphatic hydroxyl groups is 1. The summed E-state index contributed by atoms with van der Waals surface area (Å²) in [5.41, 5.74) is 0.243. The predicted octanol–water partition coefficient (Wildman–Crippen LogP) is 0.472. The number of thiophene rings is 1. The third kappa shape index (κ3) is 6.59. The molecule has 1 heterocycles. The Bertz CT molecular complexity index is 729. The van der Waals surface area contributed by atoms with Crippen molar-refractivity contribution in [2.75, 3.05) is 38.8 Å². The SMILES string of the molecule is CCOC(=O)c1c(NC(=O)C(=O)NC[C@H](C)O)sc(C(=O)OCCOC)c1C. The Morgan fingerprint density at radius 3 is 2.36 bits per heavy atom. The number of aliphatic hydroxyl groups excluding tert-OH is 1. The van der Waals surface area contributed by atoms with Crippen LogP contribution in [0.25, 0.3) is 0 Å². The highest BCUT2D eigenvalue weighted by Gasteiger charge is 2.28. The van der Waals surface area contributed by atoms with E-state index in [0.717, 1.165) is 11.3 Å². The number of methoxy groups -OCH3 is 1. The summed E-state index contributed by atoms with van der Waals surface area (Å²) in [6, 6.07) is 0. The second-order valence-corrected chi connectivity index (χ2v) is 6.64. The molecule has 0 aliphatic carbocycles. The minimum atomic E-state index is -1.05. The van der Waals surface area contributed by atoms with E-state index in [1.54, 1.807) is 6.92 Å². The van der Waals surface area contributed by atoms with Crippen LogP contribution in [0.4, 0.5) is 5.00 Å². The number of anilines is 1. The van der Waals surface area contributed by atoms with E-state index in [-0.39, 0.29) is 47.4 Å². The molecular formula is C17H24N2O8S. The standard InChI is InChI=1S/C17H24N2O8S/c1-5-26-16(23)11-10(3)12(17(24)27-7-6-25-4)28-15(11)19-14(22)13(21)18-8-9(2)20/h9,20H,5-8H2,1-4H3,(H,18,21)(H,19,22)/t9-/m0/s1. The summed E-state index contributed by atoms with van der Waals surface area (Å²) in [6.45, 7) is 4.77. The smallest absolute Gasteiger partial charge is 0.348 e. The Morgan fingerprint density at radius 2 is 1.79 bits per heavy atom. The molecule has 0 spiro atoms. The first-order valence-corrected chi connectivity index (χ1v) is 9.28. The number of esters is 2. The Labute approximate surface area is 166 Å². The maximum Gasteiger partial charge on any atom is 0.348 e. The molecule has 0 aliphatic rings.